The third-order valence-electron chi connectivity index (χ3n) is 3.83. The smallest absolute Gasteiger partial charge is 0.269 e. The Morgan fingerprint density at radius 2 is 1.62 bits per heavy atom. The van der Waals surface area contributed by atoms with Crippen molar-refractivity contribution in [3.8, 4) is 11.5 Å². The number of anilines is 2. The number of nitrogens with one attached hydrogen (secondary N) is 2. The Morgan fingerprint density at radius 1 is 1.00 bits per heavy atom. The summed E-state index contributed by atoms with van der Waals surface area (Å²) < 4.78 is 11.2. The molecular formula is C20H22N2O4. The summed E-state index contributed by atoms with van der Waals surface area (Å²) in [5.41, 5.74) is 1.32. The molecule has 6 heteroatoms. The molecule has 0 aromatic heterocycles. The van der Waals surface area contributed by atoms with Gasteiger partial charge in [0.1, 0.15) is 6.61 Å². The van der Waals surface area contributed by atoms with Crippen LogP contribution in [-0.2, 0) is 9.59 Å². The first-order valence-electron chi connectivity index (χ1n) is 8.60. The lowest BCUT2D eigenvalue weighted by Gasteiger charge is -2.25. The van der Waals surface area contributed by atoms with E-state index in [1.165, 1.54) is 0 Å². The SMILES string of the molecule is CC(C)CC(=O)Nc1ccc(NC(=O)C2COc3ccccc3O2)cc1. The fourth-order valence-corrected chi connectivity index (χ4v) is 2.59. The van der Waals surface area contributed by atoms with Gasteiger partial charge in [0.15, 0.2) is 11.5 Å². The number of hydrogen-bond acceptors (Lipinski definition) is 4. The summed E-state index contributed by atoms with van der Waals surface area (Å²) in [7, 11) is 0. The largest absolute Gasteiger partial charge is 0.485 e. The zero-order valence-electron chi connectivity index (χ0n) is 14.8. The van der Waals surface area contributed by atoms with Crippen molar-refractivity contribution in [3.63, 3.8) is 0 Å². The van der Waals surface area contributed by atoms with Crippen molar-refractivity contribution in [1.29, 1.82) is 0 Å². The number of ether oxygens (including phenoxy) is 2. The Labute approximate surface area is 152 Å². The average molecular weight is 354 g/mol. The summed E-state index contributed by atoms with van der Waals surface area (Å²) in [6.45, 7) is 4.15. The zero-order chi connectivity index (χ0) is 18.5. The molecule has 1 atom stereocenters. The molecule has 2 N–H and O–H groups in total. The number of fused-ring (bicyclic) bond motifs is 1. The molecule has 136 valence electrons. The van der Waals surface area contributed by atoms with Gasteiger partial charge in [-0.3, -0.25) is 9.59 Å². The molecule has 0 bridgehead atoms. The van der Waals surface area contributed by atoms with Crippen LogP contribution in [0.3, 0.4) is 0 Å². The summed E-state index contributed by atoms with van der Waals surface area (Å²) in [6.07, 6.45) is -0.241. The minimum atomic E-state index is -0.713. The lowest BCUT2D eigenvalue weighted by atomic mass is 10.1. The molecule has 0 aliphatic carbocycles. The van der Waals surface area contributed by atoms with Gasteiger partial charge in [-0.25, -0.2) is 0 Å². The number of rotatable bonds is 5. The Balaban J connectivity index is 1.56. The van der Waals surface area contributed by atoms with Gasteiger partial charge in [0, 0.05) is 17.8 Å². The van der Waals surface area contributed by atoms with Crippen LogP contribution in [0, 0.1) is 5.92 Å². The third-order valence-corrected chi connectivity index (χ3v) is 3.83. The van der Waals surface area contributed by atoms with Crippen LogP contribution in [0.2, 0.25) is 0 Å². The van der Waals surface area contributed by atoms with Crippen LogP contribution in [-0.4, -0.2) is 24.5 Å². The van der Waals surface area contributed by atoms with Gasteiger partial charge in [-0.05, 0) is 42.3 Å². The molecule has 26 heavy (non-hydrogen) atoms. The number of hydrogen-bond donors (Lipinski definition) is 2. The number of carbonyl (C=O) groups is 2. The van der Waals surface area contributed by atoms with E-state index < -0.39 is 6.10 Å². The highest BCUT2D eigenvalue weighted by Crippen LogP contribution is 2.31. The van der Waals surface area contributed by atoms with Gasteiger partial charge in [-0.1, -0.05) is 26.0 Å². The summed E-state index contributed by atoms with van der Waals surface area (Å²) >= 11 is 0. The zero-order valence-corrected chi connectivity index (χ0v) is 14.8. The molecule has 2 amide bonds. The molecular weight excluding hydrogens is 332 g/mol. The van der Waals surface area contributed by atoms with E-state index in [1.807, 2.05) is 26.0 Å². The van der Waals surface area contributed by atoms with Gasteiger partial charge in [0.2, 0.25) is 12.0 Å². The van der Waals surface area contributed by atoms with Crippen molar-refractivity contribution < 1.29 is 19.1 Å². The Kier molecular flexibility index (Phi) is 5.41. The van der Waals surface area contributed by atoms with E-state index in [0.29, 0.717) is 35.2 Å². The van der Waals surface area contributed by atoms with Crippen molar-refractivity contribution in [2.75, 3.05) is 17.2 Å². The van der Waals surface area contributed by atoms with Crippen molar-refractivity contribution in [3.05, 3.63) is 48.5 Å². The number of amides is 2. The normalized spacial score (nSPS) is 15.4. The number of carbonyl (C=O) groups excluding carboxylic acids is 2. The quantitative estimate of drug-likeness (QED) is 0.862. The van der Waals surface area contributed by atoms with E-state index in [-0.39, 0.29) is 18.4 Å². The van der Waals surface area contributed by atoms with Crippen LogP contribution in [0.25, 0.3) is 0 Å². The first-order chi connectivity index (χ1) is 12.5. The maximum Gasteiger partial charge on any atom is 0.269 e. The van der Waals surface area contributed by atoms with Crippen LogP contribution in [0.4, 0.5) is 11.4 Å². The fourth-order valence-electron chi connectivity index (χ4n) is 2.59. The van der Waals surface area contributed by atoms with Gasteiger partial charge in [0.25, 0.3) is 5.91 Å². The van der Waals surface area contributed by atoms with E-state index in [4.69, 9.17) is 9.47 Å². The van der Waals surface area contributed by atoms with Crippen molar-refractivity contribution in [2.24, 2.45) is 5.92 Å². The first-order valence-corrected chi connectivity index (χ1v) is 8.60. The van der Waals surface area contributed by atoms with Crippen LogP contribution >= 0.6 is 0 Å². The highest BCUT2D eigenvalue weighted by atomic mass is 16.6. The van der Waals surface area contributed by atoms with Crippen LogP contribution in [0.5, 0.6) is 11.5 Å². The van der Waals surface area contributed by atoms with Crippen LogP contribution < -0.4 is 20.1 Å². The van der Waals surface area contributed by atoms with Crippen LogP contribution in [0.1, 0.15) is 20.3 Å². The fraction of sp³-hybridized carbons (Fsp3) is 0.300. The summed E-state index contributed by atoms with van der Waals surface area (Å²) in [5.74, 6) is 1.19. The summed E-state index contributed by atoms with van der Waals surface area (Å²) in [6, 6.07) is 14.2. The summed E-state index contributed by atoms with van der Waals surface area (Å²) in [4.78, 5) is 24.2. The molecule has 1 unspecified atom stereocenters. The molecule has 3 rings (SSSR count). The standard InChI is InChI=1S/C20H22N2O4/c1-13(2)11-19(23)21-14-7-9-15(10-8-14)22-20(24)18-12-25-16-5-3-4-6-17(16)26-18/h3-10,13,18H,11-12H2,1-2H3,(H,21,23)(H,22,24). The molecule has 2 aromatic carbocycles. The molecule has 6 nitrogen and oxygen atoms in total. The van der Waals surface area contributed by atoms with Crippen molar-refractivity contribution in [2.45, 2.75) is 26.4 Å². The minimum absolute atomic E-state index is 0.0248. The lowest BCUT2D eigenvalue weighted by Crippen LogP contribution is -2.40. The highest BCUT2D eigenvalue weighted by Gasteiger charge is 2.27. The number of benzene rings is 2. The molecule has 0 spiro atoms. The topological polar surface area (TPSA) is 76.7 Å². The van der Waals surface area contributed by atoms with E-state index in [1.54, 1.807) is 36.4 Å². The molecule has 1 aliphatic heterocycles. The van der Waals surface area contributed by atoms with Gasteiger partial charge in [-0.15, -0.1) is 0 Å². The maximum absolute atomic E-state index is 12.4. The minimum Gasteiger partial charge on any atom is -0.485 e. The van der Waals surface area contributed by atoms with E-state index in [2.05, 4.69) is 10.6 Å². The van der Waals surface area contributed by atoms with Crippen molar-refractivity contribution >= 4 is 23.2 Å². The Bertz CT molecular complexity index is 787. The third kappa shape index (κ3) is 4.53. The molecule has 0 fully saturated rings. The second-order valence-corrected chi connectivity index (χ2v) is 6.58. The van der Waals surface area contributed by atoms with Gasteiger partial charge in [0.05, 0.1) is 0 Å². The van der Waals surface area contributed by atoms with Gasteiger partial charge in [-0.2, -0.15) is 0 Å². The predicted molar refractivity (Wildman–Crippen MR) is 99.5 cm³/mol. The molecule has 0 saturated heterocycles. The summed E-state index contributed by atoms with van der Waals surface area (Å²) in [5, 5.41) is 5.63. The maximum atomic E-state index is 12.4. The Morgan fingerprint density at radius 3 is 2.27 bits per heavy atom. The second-order valence-electron chi connectivity index (χ2n) is 6.58. The van der Waals surface area contributed by atoms with Crippen LogP contribution in [0.15, 0.2) is 48.5 Å². The van der Waals surface area contributed by atoms with Crippen molar-refractivity contribution in [1.82, 2.24) is 0 Å². The lowest BCUT2D eigenvalue weighted by molar-refractivity contribution is -0.125. The monoisotopic (exact) mass is 354 g/mol. The number of para-hydroxylation sites is 2. The molecule has 1 heterocycles. The van der Waals surface area contributed by atoms with E-state index in [0.717, 1.165) is 0 Å². The molecule has 0 radical (unpaired) electrons. The van der Waals surface area contributed by atoms with Gasteiger partial charge < -0.3 is 20.1 Å². The van der Waals surface area contributed by atoms with E-state index >= 15 is 0 Å². The first kappa shape index (κ1) is 17.8. The van der Waals surface area contributed by atoms with Gasteiger partial charge >= 0.3 is 0 Å². The highest BCUT2D eigenvalue weighted by molar-refractivity contribution is 5.95. The molecule has 2 aromatic rings. The predicted octanol–water partition coefficient (Wildman–Crippen LogP) is 3.45. The molecule has 0 saturated carbocycles. The second kappa shape index (κ2) is 7.91. The molecule has 1 aliphatic rings. The average Bonchev–Trinajstić information content (AvgIpc) is 2.62. The Hall–Kier alpha value is -3.02. The van der Waals surface area contributed by atoms with E-state index in [9.17, 15) is 9.59 Å².